The second kappa shape index (κ2) is 9.70. The van der Waals surface area contributed by atoms with E-state index in [9.17, 15) is 9.59 Å². The van der Waals surface area contributed by atoms with E-state index in [-0.39, 0.29) is 6.61 Å². The normalized spacial score (nSPS) is 10.3. The lowest BCUT2D eigenvalue weighted by atomic mass is 10.1. The van der Waals surface area contributed by atoms with Gasteiger partial charge < -0.3 is 14.2 Å². The SMILES string of the molecule is COc1ccc(OCC(=O)OCC(=O)Nc2nc(-c3ccc(C)cc3)cs2)cc1. The molecule has 0 spiro atoms. The molecular weight excluding hydrogens is 392 g/mol. The van der Waals surface area contributed by atoms with Crippen molar-refractivity contribution < 1.29 is 23.8 Å². The molecule has 0 aliphatic carbocycles. The number of thiazole rings is 1. The van der Waals surface area contributed by atoms with E-state index in [4.69, 9.17) is 14.2 Å². The van der Waals surface area contributed by atoms with E-state index in [1.807, 2.05) is 36.6 Å². The zero-order valence-electron chi connectivity index (χ0n) is 16.0. The van der Waals surface area contributed by atoms with Crippen molar-refractivity contribution in [1.82, 2.24) is 4.98 Å². The molecular formula is C21H20N2O5S. The van der Waals surface area contributed by atoms with Crippen molar-refractivity contribution in [2.24, 2.45) is 0 Å². The lowest BCUT2D eigenvalue weighted by Gasteiger charge is -2.07. The number of methoxy groups -OCH3 is 1. The number of aromatic nitrogens is 1. The Kier molecular flexibility index (Phi) is 6.80. The minimum atomic E-state index is -0.643. The fourth-order valence-corrected chi connectivity index (χ4v) is 3.08. The molecule has 3 aromatic rings. The first-order valence-electron chi connectivity index (χ1n) is 8.78. The number of benzene rings is 2. The molecule has 7 nitrogen and oxygen atoms in total. The van der Waals surface area contributed by atoms with Gasteiger partial charge in [-0.1, -0.05) is 29.8 Å². The van der Waals surface area contributed by atoms with Crippen LogP contribution in [0.4, 0.5) is 5.13 Å². The largest absolute Gasteiger partial charge is 0.497 e. The molecule has 0 aliphatic heterocycles. The molecule has 1 N–H and O–H groups in total. The van der Waals surface area contributed by atoms with Crippen LogP contribution in [-0.4, -0.2) is 37.2 Å². The van der Waals surface area contributed by atoms with Crippen molar-refractivity contribution in [3.05, 3.63) is 59.5 Å². The molecule has 0 saturated carbocycles. The summed E-state index contributed by atoms with van der Waals surface area (Å²) in [6.07, 6.45) is 0. The van der Waals surface area contributed by atoms with E-state index in [1.165, 1.54) is 11.3 Å². The van der Waals surface area contributed by atoms with E-state index in [0.29, 0.717) is 16.6 Å². The van der Waals surface area contributed by atoms with Crippen molar-refractivity contribution in [3.8, 4) is 22.8 Å². The fraction of sp³-hybridized carbons (Fsp3) is 0.190. The molecule has 0 bridgehead atoms. The highest BCUT2D eigenvalue weighted by Crippen LogP contribution is 2.25. The van der Waals surface area contributed by atoms with Crippen molar-refractivity contribution in [2.45, 2.75) is 6.92 Å². The molecule has 0 aliphatic rings. The van der Waals surface area contributed by atoms with Crippen molar-refractivity contribution in [1.29, 1.82) is 0 Å². The minimum absolute atomic E-state index is 0.297. The first-order chi connectivity index (χ1) is 14.0. The zero-order chi connectivity index (χ0) is 20.6. The molecule has 2 aromatic carbocycles. The van der Waals surface area contributed by atoms with Gasteiger partial charge in [0.2, 0.25) is 0 Å². The van der Waals surface area contributed by atoms with Gasteiger partial charge in [0.15, 0.2) is 18.3 Å². The summed E-state index contributed by atoms with van der Waals surface area (Å²) in [5.41, 5.74) is 2.90. The molecule has 150 valence electrons. The number of amides is 1. The highest BCUT2D eigenvalue weighted by molar-refractivity contribution is 7.14. The lowest BCUT2D eigenvalue weighted by Crippen LogP contribution is -2.23. The van der Waals surface area contributed by atoms with Crippen LogP contribution in [0, 0.1) is 6.92 Å². The Morgan fingerprint density at radius 2 is 1.69 bits per heavy atom. The first kappa shape index (κ1) is 20.3. The summed E-state index contributed by atoms with van der Waals surface area (Å²) in [7, 11) is 1.56. The van der Waals surface area contributed by atoms with Gasteiger partial charge in [0.1, 0.15) is 11.5 Å². The third-order valence-electron chi connectivity index (χ3n) is 3.88. The van der Waals surface area contributed by atoms with Crippen molar-refractivity contribution in [3.63, 3.8) is 0 Å². The first-order valence-corrected chi connectivity index (χ1v) is 9.66. The number of carbonyl (C=O) groups is 2. The molecule has 0 unspecified atom stereocenters. The Bertz CT molecular complexity index is 967. The molecule has 0 radical (unpaired) electrons. The van der Waals surface area contributed by atoms with Crippen LogP contribution in [0.15, 0.2) is 53.9 Å². The Labute approximate surface area is 172 Å². The number of anilines is 1. The zero-order valence-corrected chi connectivity index (χ0v) is 16.8. The van der Waals surface area contributed by atoms with Crippen molar-refractivity contribution >= 4 is 28.3 Å². The fourth-order valence-electron chi connectivity index (χ4n) is 2.35. The molecule has 1 amide bonds. The highest BCUT2D eigenvalue weighted by Gasteiger charge is 2.11. The van der Waals surface area contributed by atoms with Gasteiger partial charge in [-0.25, -0.2) is 9.78 Å². The lowest BCUT2D eigenvalue weighted by molar-refractivity contribution is -0.149. The van der Waals surface area contributed by atoms with Gasteiger partial charge >= 0.3 is 5.97 Å². The second-order valence-corrected chi connectivity index (χ2v) is 6.94. The number of rotatable bonds is 8. The smallest absolute Gasteiger partial charge is 0.344 e. The van der Waals surface area contributed by atoms with Crippen LogP contribution >= 0.6 is 11.3 Å². The Balaban J connectivity index is 1.42. The summed E-state index contributed by atoms with van der Waals surface area (Å²) in [6.45, 7) is 1.30. The third kappa shape index (κ3) is 6.05. The van der Waals surface area contributed by atoms with Gasteiger partial charge in [0.25, 0.3) is 5.91 Å². The van der Waals surface area contributed by atoms with Gasteiger partial charge in [0, 0.05) is 10.9 Å². The van der Waals surface area contributed by atoms with Crippen LogP contribution in [0.25, 0.3) is 11.3 Å². The quantitative estimate of drug-likeness (QED) is 0.568. The summed E-state index contributed by atoms with van der Waals surface area (Å²) in [5, 5.41) is 4.92. The van der Waals surface area contributed by atoms with Gasteiger partial charge in [-0.15, -0.1) is 11.3 Å². The molecule has 1 aromatic heterocycles. The predicted octanol–water partition coefficient (Wildman–Crippen LogP) is 3.69. The Morgan fingerprint density at radius 1 is 1.00 bits per heavy atom. The summed E-state index contributed by atoms with van der Waals surface area (Å²) >= 11 is 1.30. The predicted molar refractivity (Wildman–Crippen MR) is 110 cm³/mol. The Morgan fingerprint density at radius 3 is 2.38 bits per heavy atom. The average molecular weight is 412 g/mol. The van der Waals surface area contributed by atoms with Crippen LogP contribution in [0.3, 0.4) is 0 Å². The summed E-state index contributed by atoms with van der Waals surface area (Å²) < 4.78 is 15.3. The third-order valence-corrected chi connectivity index (χ3v) is 4.64. The van der Waals surface area contributed by atoms with Crippen LogP contribution in [-0.2, 0) is 14.3 Å². The standard InChI is InChI=1S/C21H20N2O5S/c1-14-3-5-15(6-4-14)18-13-29-21(22-18)23-19(24)11-28-20(25)12-27-17-9-7-16(26-2)8-10-17/h3-10,13H,11-12H2,1-2H3,(H,22,23,24). The maximum atomic E-state index is 12.0. The van der Waals surface area contributed by atoms with E-state index in [2.05, 4.69) is 10.3 Å². The summed E-state index contributed by atoms with van der Waals surface area (Å²) in [5.74, 6) is 0.0750. The number of esters is 1. The van der Waals surface area contributed by atoms with Crippen LogP contribution in [0.5, 0.6) is 11.5 Å². The molecule has 29 heavy (non-hydrogen) atoms. The van der Waals surface area contributed by atoms with E-state index in [1.54, 1.807) is 31.4 Å². The van der Waals surface area contributed by atoms with Gasteiger partial charge in [-0.05, 0) is 31.2 Å². The molecule has 1 heterocycles. The van der Waals surface area contributed by atoms with E-state index >= 15 is 0 Å². The van der Waals surface area contributed by atoms with E-state index < -0.39 is 18.5 Å². The van der Waals surface area contributed by atoms with Crippen LogP contribution in [0.1, 0.15) is 5.56 Å². The topological polar surface area (TPSA) is 86.8 Å². The summed E-state index contributed by atoms with van der Waals surface area (Å²) in [6, 6.07) is 14.7. The van der Waals surface area contributed by atoms with Crippen molar-refractivity contribution in [2.75, 3.05) is 25.6 Å². The van der Waals surface area contributed by atoms with E-state index in [0.717, 1.165) is 16.8 Å². The molecule has 0 fully saturated rings. The van der Waals surface area contributed by atoms with Gasteiger partial charge in [-0.2, -0.15) is 0 Å². The number of nitrogens with zero attached hydrogens (tertiary/aromatic N) is 1. The monoisotopic (exact) mass is 412 g/mol. The number of hydrogen-bond donors (Lipinski definition) is 1. The highest BCUT2D eigenvalue weighted by atomic mass is 32.1. The van der Waals surface area contributed by atoms with Gasteiger partial charge in [-0.3, -0.25) is 10.1 Å². The Hall–Kier alpha value is -3.39. The summed E-state index contributed by atoms with van der Waals surface area (Å²) in [4.78, 5) is 28.1. The molecule has 3 rings (SSSR count). The maximum Gasteiger partial charge on any atom is 0.344 e. The molecule has 0 atom stereocenters. The van der Waals surface area contributed by atoms with Crippen LogP contribution < -0.4 is 14.8 Å². The molecule has 0 saturated heterocycles. The number of hydrogen-bond acceptors (Lipinski definition) is 7. The number of carbonyl (C=O) groups excluding carboxylic acids is 2. The molecule has 8 heteroatoms. The van der Waals surface area contributed by atoms with Crippen LogP contribution in [0.2, 0.25) is 0 Å². The minimum Gasteiger partial charge on any atom is -0.497 e. The number of ether oxygens (including phenoxy) is 3. The number of nitrogens with one attached hydrogen (secondary N) is 1. The average Bonchev–Trinajstić information content (AvgIpc) is 3.20. The van der Waals surface area contributed by atoms with Gasteiger partial charge in [0.05, 0.1) is 12.8 Å². The number of aryl methyl sites for hydroxylation is 1. The second-order valence-electron chi connectivity index (χ2n) is 6.08. The maximum absolute atomic E-state index is 12.0.